The zero-order chi connectivity index (χ0) is 15.9. The Hall–Kier alpha value is -1.99. The Kier molecular flexibility index (Phi) is 5.85. The first-order valence-corrected chi connectivity index (χ1v) is 7.92. The highest BCUT2D eigenvalue weighted by molar-refractivity contribution is 6.31. The van der Waals surface area contributed by atoms with E-state index in [0.29, 0.717) is 16.8 Å². The van der Waals surface area contributed by atoms with Crippen molar-refractivity contribution in [3.8, 4) is 6.07 Å². The maximum absolute atomic E-state index is 12.2. The molecule has 0 aliphatic heterocycles. The number of nitrogens with zero attached hydrogens (tertiary/aromatic N) is 1. The Bertz CT molecular complexity index is 613. The van der Waals surface area contributed by atoms with Gasteiger partial charge in [0.25, 0.3) is 5.91 Å². The normalized spacial score (nSPS) is 16.0. The third kappa shape index (κ3) is 4.51. The maximum Gasteiger partial charge on any atom is 0.267 e. The summed E-state index contributed by atoms with van der Waals surface area (Å²) < 4.78 is 0. The van der Waals surface area contributed by atoms with Gasteiger partial charge < -0.3 is 10.6 Å². The number of benzene rings is 1. The molecule has 0 aromatic heterocycles. The number of rotatable bonds is 4. The molecule has 116 valence electrons. The van der Waals surface area contributed by atoms with Crippen molar-refractivity contribution in [3.63, 3.8) is 0 Å². The van der Waals surface area contributed by atoms with Crippen LogP contribution in [-0.2, 0) is 4.79 Å². The SMILES string of the molecule is Cc1ccc(Cl)cc1NC(=O)/C(C#N)=C\NC1CCCCC1. The fourth-order valence-electron chi connectivity index (χ4n) is 2.54. The van der Waals surface area contributed by atoms with Gasteiger partial charge in [-0.25, -0.2) is 0 Å². The summed E-state index contributed by atoms with van der Waals surface area (Å²) in [5, 5.41) is 15.7. The van der Waals surface area contributed by atoms with Crippen molar-refractivity contribution in [3.05, 3.63) is 40.6 Å². The van der Waals surface area contributed by atoms with Gasteiger partial charge in [-0.1, -0.05) is 36.9 Å². The lowest BCUT2D eigenvalue weighted by molar-refractivity contribution is -0.112. The molecular weight excluding hydrogens is 298 g/mol. The van der Waals surface area contributed by atoms with Gasteiger partial charge in [0.15, 0.2) is 0 Å². The quantitative estimate of drug-likeness (QED) is 0.653. The lowest BCUT2D eigenvalue weighted by Crippen LogP contribution is -2.28. The van der Waals surface area contributed by atoms with E-state index in [0.717, 1.165) is 18.4 Å². The molecule has 2 N–H and O–H groups in total. The average Bonchev–Trinajstić information content (AvgIpc) is 2.52. The highest BCUT2D eigenvalue weighted by Crippen LogP contribution is 2.21. The highest BCUT2D eigenvalue weighted by Gasteiger charge is 2.14. The number of aryl methyl sites for hydroxylation is 1. The fourth-order valence-corrected chi connectivity index (χ4v) is 2.71. The zero-order valence-electron chi connectivity index (χ0n) is 12.7. The number of nitrogens with one attached hydrogen (secondary N) is 2. The molecular formula is C17H20ClN3O. The molecule has 1 saturated carbocycles. The second-order valence-corrected chi connectivity index (χ2v) is 6.02. The van der Waals surface area contributed by atoms with Crippen molar-refractivity contribution in [1.82, 2.24) is 5.32 Å². The summed E-state index contributed by atoms with van der Waals surface area (Å²) in [6, 6.07) is 7.58. The smallest absolute Gasteiger partial charge is 0.267 e. The molecule has 5 heteroatoms. The number of anilines is 1. The molecule has 1 aliphatic carbocycles. The average molecular weight is 318 g/mol. The van der Waals surface area contributed by atoms with Crippen LogP contribution in [-0.4, -0.2) is 11.9 Å². The molecule has 0 saturated heterocycles. The monoisotopic (exact) mass is 317 g/mol. The summed E-state index contributed by atoms with van der Waals surface area (Å²) in [5.74, 6) is -0.420. The van der Waals surface area contributed by atoms with Crippen molar-refractivity contribution < 1.29 is 4.79 Å². The van der Waals surface area contributed by atoms with Gasteiger partial charge in [-0.3, -0.25) is 4.79 Å². The molecule has 0 spiro atoms. The summed E-state index contributed by atoms with van der Waals surface area (Å²) in [4.78, 5) is 12.2. The first-order valence-electron chi connectivity index (χ1n) is 7.54. The van der Waals surface area contributed by atoms with Gasteiger partial charge in [0.2, 0.25) is 0 Å². The van der Waals surface area contributed by atoms with Crippen LogP contribution >= 0.6 is 11.6 Å². The standard InChI is InChI=1S/C17H20ClN3O/c1-12-7-8-14(18)9-16(12)21-17(22)13(10-19)11-20-15-5-3-2-4-6-15/h7-9,11,15,20H,2-6H2,1H3,(H,21,22)/b13-11-. The van der Waals surface area contributed by atoms with Crippen molar-refractivity contribution in [2.75, 3.05) is 5.32 Å². The third-order valence-corrected chi connectivity index (χ3v) is 4.12. The lowest BCUT2D eigenvalue weighted by Gasteiger charge is -2.21. The van der Waals surface area contributed by atoms with Crippen LogP contribution in [0.4, 0.5) is 5.69 Å². The van der Waals surface area contributed by atoms with E-state index in [9.17, 15) is 10.1 Å². The third-order valence-electron chi connectivity index (χ3n) is 3.88. The predicted octanol–water partition coefficient (Wildman–Crippen LogP) is 3.92. The lowest BCUT2D eigenvalue weighted by atomic mass is 9.96. The molecule has 4 nitrogen and oxygen atoms in total. The minimum Gasteiger partial charge on any atom is -0.387 e. The Morgan fingerprint density at radius 1 is 1.36 bits per heavy atom. The van der Waals surface area contributed by atoms with Crippen molar-refractivity contribution >= 4 is 23.2 Å². The maximum atomic E-state index is 12.2. The molecule has 22 heavy (non-hydrogen) atoms. The minimum atomic E-state index is -0.420. The van der Waals surface area contributed by atoms with E-state index in [1.807, 2.05) is 19.1 Å². The molecule has 1 aromatic carbocycles. The first-order chi connectivity index (χ1) is 10.6. The molecule has 0 unspecified atom stereocenters. The summed E-state index contributed by atoms with van der Waals surface area (Å²) >= 11 is 5.93. The van der Waals surface area contributed by atoms with Gasteiger partial charge in [-0.15, -0.1) is 0 Å². The molecule has 0 heterocycles. The topological polar surface area (TPSA) is 64.9 Å². The highest BCUT2D eigenvalue weighted by atomic mass is 35.5. The zero-order valence-corrected chi connectivity index (χ0v) is 13.4. The van der Waals surface area contributed by atoms with Crippen LogP contribution in [0.5, 0.6) is 0 Å². The van der Waals surface area contributed by atoms with Gasteiger partial charge in [0.05, 0.1) is 0 Å². The molecule has 1 amide bonds. The largest absolute Gasteiger partial charge is 0.387 e. The van der Waals surface area contributed by atoms with E-state index in [1.165, 1.54) is 25.5 Å². The van der Waals surface area contributed by atoms with Crippen LogP contribution in [0.2, 0.25) is 5.02 Å². The summed E-state index contributed by atoms with van der Waals surface area (Å²) in [7, 11) is 0. The fraction of sp³-hybridized carbons (Fsp3) is 0.412. The van der Waals surface area contributed by atoms with Gasteiger partial charge in [-0.2, -0.15) is 5.26 Å². The number of carbonyl (C=O) groups excluding carboxylic acids is 1. The number of carbonyl (C=O) groups is 1. The van der Waals surface area contributed by atoms with E-state index >= 15 is 0 Å². The molecule has 0 atom stereocenters. The van der Waals surface area contributed by atoms with Gasteiger partial charge in [0, 0.05) is 23.0 Å². The van der Waals surface area contributed by atoms with Crippen LogP contribution in [0.3, 0.4) is 0 Å². The first kappa shape index (κ1) is 16.4. The van der Waals surface area contributed by atoms with Crippen LogP contribution in [0.15, 0.2) is 30.0 Å². The van der Waals surface area contributed by atoms with Crippen LogP contribution < -0.4 is 10.6 Å². The Balaban J connectivity index is 2.02. The van der Waals surface area contributed by atoms with Crippen molar-refractivity contribution in [2.45, 2.75) is 45.1 Å². The van der Waals surface area contributed by atoms with Gasteiger partial charge in [0.1, 0.15) is 11.6 Å². The van der Waals surface area contributed by atoms with E-state index in [4.69, 9.17) is 11.6 Å². The summed E-state index contributed by atoms with van der Waals surface area (Å²) in [6.45, 7) is 1.88. The van der Waals surface area contributed by atoms with Crippen LogP contribution in [0.1, 0.15) is 37.7 Å². The predicted molar refractivity (Wildman–Crippen MR) is 88.5 cm³/mol. The Labute approximate surface area is 136 Å². The molecule has 1 fully saturated rings. The Morgan fingerprint density at radius 3 is 2.77 bits per heavy atom. The van der Waals surface area contributed by atoms with E-state index in [2.05, 4.69) is 10.6 Å². The second kappa shape index (κ2) is 7.86. The van der Waals surface area contributed by atoms with Crippen molar-refractivity contribution in [1.29, 1.82) is 5.26 Å². The molecule has 0 bridgehead atoms. The number of hydrogen-bond acceptors (Lipinski definition) is 3. The van der Waals surface area contributed by atoms with Crippen LogP contribution in [0.25, 0.3) is 0 Å². The number of amides is 1. The van der Waals surface area contributed by atoms with E-state index in [-0.39, 0.29) is 5.57 Å². The molecule has 2 rings (SSSR count). The minimum absolute atomic E-state index is 0.0740. The second-order valence-electron chi connectivity index (χ2n) is 5.58. The molecule has 1 aromatic rings. The summed E-state index contributed by atoms with van der Waals surface area (Å²) in [6.07, 6.45) is 7.36. The van der Waals surface area contributed by atoms with Gasteiger partial charge in [-0.05, 0) is 37.5 Å². The van der Waals surface area contributed by atoms with Gasteiger partial charge >= 0.3 is 0 Å². The Morgan fingerprint density at radius 2 is 2.09 bits per heavy atom. The summed E-state index contributed by atoms with van der Waals surface area (Å²) in [5.41, 5.74) is 1.59. The van der Waals surface area contributed by atoms with Crippen molar-refractivity contribution in [2.24, 2.45) is 0 Å². The number of halogens is 1. The van der Waals surface area contributed by atoms with E-state index in [1.54, 1.807) is 12.1 Å². The number of nitriles is 1. The van der Waals surface area contributed by atoms with E-state index < -0.39 is 5.91 Å². The van der Waals surface area contributed by atoms with Crippen LogP contribution in [0, 0.1) is 18.3 Å². The molecule has 0 radical (unpaired) electrons. The molecule has 1 aliphatic rings. The number of hydrogen-bond donors (Lipinski definition) is 2.